The molecule has 1 N–H and O–H groups in total. The molecular weight excluding hydrogens is 423 g/mol. The Morgan fingerprint density at radius 2 is 1.66 bits per heavy atom. The van der Waals surface area contributed by atoms with Crippen LogP contribution in [0.4, 0.5) is 18.9 Å². The number of nitrogens with one attached hydrogen (secondary N) is 1. The van der Waals surface area contributed by atoms with E-state index in [1.165, 1.54) is 19.2 Å². The van der Waals surface area contributed by atoms with Crippen molar-refractivity contribution in [3.63, 3.8) is 0 Å². The van der Waals surface area contributed by atoms with Crippen LogP contribution in [0.5, 0.6) is 0 Å². The molecule has 1 heterocycles. The van der Waals surface area contributed by atoms with Crippen molar-refractivity contribution in [2.45, 2.75) is 32.9 Å². The van der Waals surface area contributed by atoms with Gasteiger partial charge in [0.05, 0.1) is 24.1 Å². The Bertz CT molecular complexity index is 1120. The first-order chi connectivity index (χ1) is 15.1. The molecule has 0 aliphatic heterocycles. The average Bonchev–Trinajstić information content (AvgIpc) is 3.05. The summed E-state index contributed by atoms with van der Waals surface area (Å²) in [4.78, 5) is 23.9. The number of carbonyl (C=O) groups excluding carboxylic acids is 2. The van der Waals surface area contributed by atoms with E-state index in [0.29, 0.717) is 12.0 Å². The molecule has 0 radical (unpaired) electrons. The van der Waals surface area contributed by atoms with Gasteiger partial charge < -0.3 is 10.1 Å². The van der Waals surface area contributed by atoms with Gasteiger partial charge in [0, 0.05) is 23.4 Å². The summed E-state index contributed by atoms with van der Waals surface area (Å²) in [5.41, 5.74) is 3.21. The number of benzene rings is 2. The summed E-state index contributed by atoms with van der Waals surface area (Å²) < 4.78 is 44.4. The molecule has 168 valence electrons. The second-order valence-corrected chi connectivity index (χ2v) is 7.21. The normalized spacial score (nSPS) is 11.3. The molecule has 0 spiro atoms. The van der Waals surface area contributed by atoms with Gasteiger partial charge in [-0.05, 0) is 74.4 Å². The number of carbonyl (C=O) groups is 2. The van der Waals surface area contributed by atoms with Gasteiger partial charge in [-0.1, -0.05) is 0 Å². The minimum Gasteiger partial charge on any atom is -0.469 e. The Hall–Kier alpha value is -3.62. The van der Waals surface area contributed by atoms with Gasteiger partial charge in [-0.25, -0.2) is 4.68 Å². The first-order valence-corrected chi connectivity index (χ1v) is 9.81. The van der Waals surface area contributed by atoms with Crippen molar-refractivity contribution in [1.82, 2.24) is 9.78 Å². The van der Waals surface area contributed by atoms with Gasteiger partial charge in [0.1, 0.15) is 0 Å². The van der Waals surface area contributed by atoms with Gasteiger partial charge in [0.15, 0.2) is 0 Å². The van der Waals surface area contributed by atoms with Crippen LogP contribution in [-0.2, 0) is 22.1 Å². The molecule has 3 aromatic rings. The van der Waals surface area contributed by atoms with Crippen LogP contribution in [0.1, 0.15) is 39.3 Å². The van der Waals surface area contributed by atoms with Crippen LogP contribution in [0.15, 0.2) is 48.5 Å². The van der Waals surface area contributed by atoms with Gasteiger partial charge in [-0.2, -0.15) is 18.3 Å². The zero-order valence-corrected chi connectivity index (χ0v) is 17.8. The molecule has 32 heavy (non-hydrogen) atoms. The molecule has 6 nitrogen and oxygen atoms in total. The van der Waals surface area contributed by atoms with Gasteiger partial charge in [-0.15, -0.1) is 0 Å². The molecule has 0 unspecified atom stereocenters. The predicted molar refractivity (Wildman–Crippen MR) is 113 cm³/mol. The van der Waals surface area contributed by atoms with E-state index in [1.807, 2.05) is 13.8 Å². The fourth-order valence-corrected chi connectivity index (χ4v) is 3.32. The molecule has 0 fully saturated rings. The lowest BCUT2D eigenvalue weighted by Gasteiger charge is -2.10. The van der Waals surface area contributed by atoms with E-state index < -0.39 is 17.6 Å². The van der Waals surface area contributed by atoms with Crippen LogP contribution in [0, 0.1) is 13.8 Å². The van der Waals surface area contributed by atoms with Gasteiger partial charge in [0.25, 0.3) is 5.91 Å². The Labute approximate surface area is 183 Å². The maximum atomic E-state index is 12.7. The Morgan fingerprint density at radius 1 is 1.03 bits per heavy atom. The highest BCUT2D eigenvalue weighted by Gasteiger charge is 2.30. The van der Waals surface area contributed by atoms with Crippen molar-refractivity contribution in [1.29, 1.82) is 0 Å². The number of aryl methyl sites for hydroxylation is 1. The van der Waals surface area contributed by atoms with Crippen molar-refractivity contribution in [2.24, 2.45) is 0 Å². The molecule has 0 aliphatic carbocycles. The number of alkyl halides is 3. The lowest BCUT2D eigenvalue weighted by atomic mass is 10.1. The van der Waals surface area contributed by atoms with E-state index in [-0.39, 0.29) is 18.1 Å². The number of aromatic nitrogens is 2. The number of nitrogens with zero attached hydrogens (tertiary/aromatic N) is 2. The fourth-order valence-electron chi connectivity index (χ4n) is 3.32. The number of amides is 1. The van der Waals surface area contributed by atoms with E-state index in [9.17, 15) is 22.8 Å². The topological polar surface area (TPSA) is 73.2 Å². The third-order valence-corrected chi connectivity index (χ3v) is 5.09. The monoisotopic (exact) mass is 445 g/mol. The number of rotatable bonds is 6. The Kier molecular flexibility index (Phi) is 6.67. The summed E-state index contributed by atoms with van der Waals surface area (Å²) in [6, 6.07) is 10.9. The molecule has 0 bridgehead atoms. The van der Waals surface area contributed by atoms with Crippen molar-refractivity contribution < 1.29 is 27.5 Å². The molecule has 1 amide bonds. The lowest BCUT2D eigenvalue weighted by Crippen LogP contribution is -2.12. The summed E-state index contributed by atoms with van der Waals surface area (Å²) in [5.74, 6) is -0.733. The molecule has 2 aromatic carbocycles. The number of methoxy groups -OCH3 is 1. The zero-order chi connectivity index (χ0) is 23.5. The highest BCUT2D eigenvalue weighted by molar-refractivity contribution is 6.04. The SMILES string of the molecule is COC(=O)CCc1c(C)nn(-c2ccc(C(=O)Nc3ccc(C(F)(F)F)cc3)cc2)c1C. The van der Waals surface area contributed by atoms with Crippen LogP contribution >= 0.6 is 0 Å². The van der Waals surface area contributed by atoms with Crippen molar-refractivity contribution >= 4 is 17.6 Å². The predicted octanol–water partition coefficient (Wildman–Crippen LogP) is 4.87. The average molecular weight is 445 g/mol. The number of halogens is 3. The maximum Gasteiger partial charge on any atom is 0.416 e. The lowest BCUT2D eigenvalue weighted by molar-refractivity contribution is -0.140. The standard InChI is InChI=1S/C23H22F3N3O3/c1-14-20(12-13-21(30)32-3)15(2)29(28-14)19-10-4-16(5-11-19)22(31)27-18-8-6-17(7-9-18)23(24,25)26/h4-11H,12-13H2,1-3H3,(H,27,31). The van der Waals surface area contributed by atoms with Crippen LogP contribution in [0.25, 0.3) is 5.69 Å². The largest absolute Gasteiger partial charge is 0.469 e. The summed E-state index contributed by atoms with van der Waals surface area (Å²) in [6.07, 6.45) is -3.66. The van der Waals surface area contributed by atoms with E-state index in [2.05, 4.69) is 15.2 Å². The van der Waals surface area contributed by atoms with Crippen LogP contribution in [0.3, 0.4) is 0 Å². The molecule has 3 rings (SSSR count). The fraction of sp³-hybridized carbons (Fsp3) is 0.261. The van der Waals surface area contributed by atoms with Crippen LogP contribution < -0.4 is 5.32 Å². The van der Waals surface area contributed by atoms with E-state index in [0.717, 1.165) is 34.8 Å². The smallest absolute Gasteiger partial charge is 0.416 e. The summed E-state index contributed by atoms with van der Waals surface area (Å²) in [6.45, 7) is 3.76. The molecule has 0 saturated heterocycles. The van der Waals surface area contributed by atoms with Gasteiger partial charge in [0.2, 0.25) is 0 Å². The van der Waals surface area contributed by atoms with Crippen LogP contribution in [-0.4, -0.2) is 28.8 Å². The number of hydrogen-bond donors (Lipinski definition) is 1. The number of ether oxygens (including phenoxy) is 1. The maximum absolute atomic E-state index is 12.7. The Morgan fingerprint density at radius 3 is 2.22 bits per heavy atom. The third kappa shape index (κ3) is 5.16. The van der Waals surface area contributed by atoms with E-state index in [4.69, 9.17) is 0 Å². The summed E-state index contributed by atoms with van der Waals surface area (Å²) in [7, 11) is 1.35. The minimum absolute atomic E-state index is 0.257. The quantitative estimate of drug-likeness (QED) is 0.550. The second-order valence-electron chi connectivity index (χ2n) is 7.21. The highest BCUT2D eigenvalue weighted by atomic mass is 19.4. The van der Waals surface area contributed by atoms with E-state index in [1.54, 1.807) is 28.9 Å². The molecule has 1 aromatic heterocycles. The minimum atomic E-state index is -4.43. The molecule has 0 aliphatic rings. The first kappa shape index (κ1) is 23.1. The number of hydrogen-bond acceptors (Lipinski definition) is 4. The summed E-state index contributed by atoms with van der Waals surface area (Å²) in [5, 5.41) is 7.11. The third-order valence-electron chi connectivity index (χ3n) is 5.09. The van der Waals surface area contributed by atoms with E-state index >= 15 is 0 Å². The van der Waals surface area contributed by atoms with Crippen molar-refractivity contribution in [2.75, 3.05) is 12.4 Å². The second kappa shape index (κ2) is 9.25. The summed E-state index contributed by atoms with van der Waals surface area (Å²) >= 11 is 0. The zero-order valence-electron chi connectivity index (χ0n) is 17.8. The number of esters is 1. The Balaban J connectivity index is 1.72. The molecule has 0 atom stereocenters. The number of anilines is 1. The van der Waals surface area contributed by atoms with Crippen molar-refractivity contribution in [3.05, 3.63) is 76.6 Å². The van der Waals surface area contributed by atoms with Crippen molar-refractivity contribution in [3.8, 4) is 5.69 Å². The van der Waals surface area contributed by atoms with Crippen LogP contribution in [0.2, 0.25) is 0 Å². The molecule has 9 heteroatoms. The molecular formula is C23H22F3N3O3. The molecule has 0 saturated carbocycles. The highest BCUT2D eigenvalue weighted by Crippen LogP contribution is 2.30. The van der Waals surface area contributed by atoms with Gasteiger partial charge >= 0.3 is 12.1 Å². The van der Waals surface area contributed by atoms with Gasteiger partial charge in [-0.3, -0.25) is 9.59 Å². The first-order valence-electron chi connectivity index (χ1n) is 9.81.